The Kier molecular flexibility index (Phi) is 10.6. The van der Waals surface area contributed by atoms with Crippen LogP contribution in [-0.4, -0.2) is 28.4 Å². The summed E-state index contributed by atoms with van der Waals surface area (Å²) in [6.45, 7) is 9.48. The van der Waals surface area contributed by atoms with Crippen LogP contribution in [0.1, 0.15) is 6.42 Å². The first-order valence-corrected chi connectivity index (χ1v) is 3.95. The molecule has 0 spiro atoms. The molecule has 0 amide bonds. The van der Waals surface area contributed by atoms with Crippen LogP contribution in [0.15, 0.2) is 38.0 Å². The molecule has 0 aliphatic carbocycles. The van der Waals surface area contributed by atoms with Crippen LogP contribution < -0.4 is 0 Å². The van der Waals surface area contributed by atoms with E-state index in [2.05, 4.69) is 24.5 Å². The van der Waals surface area contributed by atoms with Gasteiger partial charge < -0.3 is 14.9 Å². The molecule has 0 saturated heterocycles. The molecule has 0 aliphatic rings. The third-order valence-corrected chi connectivity index (χ3v) is 0.962. The normalized spacial score (nSPS) is 9.93. The van der Waals surface area contributed by atoms with Gasteiger partial charge in [0.25, 0.3) is 0 Å². The van der Waals surface area contributed by atoms with Crippen molar-refractivity contribution in [3.63, 3.8) is 0 Å². The van der Waals surface area contributed by atoms with Crippen LogP contribution >= 0.6 is 0 Å². The van der Waals surface area contributed by atoms with Crippen LogP contribution in [0.3, 0.4) is 0 Å². The molecule has 0 bridgehead atoms. The number of ether oxygens (including phenoxy) is 1. The molecule has 0 heterocycles. The molecular formula is C10H14O5. The van der Waals surface area contributed by atoms with Crippen LogP contribution in [0.5, 0.6) is 0 Å². The van der Waals surface area contributed by atoms with Gasteiger partial charge in [-0.05, 0) is 0 Å². The first kappa shape index (κ1) is 15.6. The molecule has 0 aromatic heterocycles. The number of carbonyl (C=O) groups excluding carboxylic acids is 1. The summed E-state index contributed by atoms with van der Waals surface area (Å²) in [6, 6.07) is 0. The van der Waals surface area contributed by atoms with Crippen LogP contribution in [0.25, 0.3) is 0 Å². The fraction of sp³-hybridized carbons (Fsp3) is 0.200. The standard InChI is InChI=1S/C7H10O3.C3H4O2/c1-3-5-7(9)10-6(8)4-2;1-2-3(4)5/h3-4,7,9H,1-2,5H2;2H,1H2,(H,4,5). The molecule has 0 radical (unpaired) electrons. The Morgan fingerprint density at radius 2 is 1.73 bits per heavy atom. The maximum Gasteiger partial charge on any atom is 0.332 e. The Labute approximate surface area is 88.0 Å². The zero-order chi connectivity index (χ0) is 12.3. The molecule has 5 heteroatoms. The zero-order valence-corrected chi connectivity index (χ0v) is 8.26. The largest absolute Gasteiger partial charge is 0.478 e. The summed E-state index contributed by atoms with van der Waals surface area (Å²) in [5.74, 6) is -1.61. The highest BCUT2D eigenvalue weighted by Gasteiger charge is 2.04. The number of aliphatic hydroxyl groups excluding tert-OH is 1. The fourth-order valence-electron chi connectivity index (χ4n) is 0.373. The molecule has 0 aromatic rings. The summed E-state index contributed by atoms with van der Waals surface area (Å²) in [7, 11) is 0. The van der Waals surface area contributed by atoms with Crippen molar-refractivity contribution in [2.24, 2.45) is 0 Å². The topological polar surface area (TPSA) is 83.8 Å². The lowest BCUT2D eigenvalue weighted by Gasteiger charge is -2.06. The molecule has 5 nitrogen and oxygen atoms in total. The molecule has 0 aliphatic heterocycles. The predicted molar refractivity (Wildman–Crippen MR) is 54.9 cm³/mol. The minimum absolute atomic E-state index is 0.236. The number of carboxylic acid groups (broad SMARTS) is 1. The van der Waals surface area contributed by atoms with Crippen molar-refractivity contribution in [1.29, 1.82) is 0 Å². The van der Waals surface area contributed by atoms with Gasteiger partial charge in [-0.2, -0.15) is 0 Å². The summed E-state index contributed by atoms with van der Waals surface area (Å²) in [5, 5.41) is 16.4. The molecule has 0 saturated carbocycles. The van der Waals surface area contributed by atoms with Gasteiger partial charge >= 0.3 is 11.9 Å². The molecule has 0 aromatic carbocycles. The fourth-order valence-corrected chi connectivity index (χ4v) is 0.373. The van der Waals surface area contributed by atoms with E-state index in [4.69, 9.17) is 10.2 Å². The van der Waals surface area contributed by atoms with Crippen LogP contribution in [-0.2, 0) is 14.3 Å². The second kappa shape index (κ2) is 10.2. The van der Waals surface area contributed by atoms with E-state index in [1.165, 1.54) is 6.08 Å². The summed E-state index contributed by atoms with van der Waals surface area (Å²) >= 11 is 0. The second-order valence-electron chi connectivity index (χ2n) is 2.16. The molecule has 84 valence electrons. The Bertz CT molecular complexity index is 244. The Morgan fingerprint density at radius 3 is 2.00 bits per heavy atom. The van der Waals surface area contributed by atoms with E-state index in [9.17, 15) is 9.59 Å². The van der Waals surface area contributed by atoms with E-state index >= 15 is 0 Å². The van der Waals surface area contributed by atoms with Crippen molar-refractivity contribution in [3.8, 4) is 0 Å². The van der Waals surface area contributed by atoms with Crippen LogP contribution in [0.4, 0.5) is 0 Å². The molecule has 1 unspecified atom stereocenters. The first-order chi connectivity index (χ1) is 6.97. The lowest BCUT2D eigenvalue weighted by Crippen LogP contribution is -2.14. The first-order valence-electron chi connectivity index (χ1n) is 3.95. The van der Waals surface area contributed by atoms with Gasteiger partial charge in [-0.1, -0.05) is 19.2 Å². The maximum absolute atomic E-state index is 10.4. The number of rotatable bonds is 5. The van der Waals surface area contributed by atoms with Crippen LogP contribution in [0, 0.1) is 0 Å². The lowest BCUT2D eigenvalue weighted by atomic mass is 10.4. The average molecular weight is 214 g/mol. The number of esters is 1. The highest BCUT2D eigenvalue weighted by molar-refractivity contribution is 5.81. The molecule has 1 atom stereocenters. The van der Waals surface area contributed by atoms with E-state index in [1.54, 1.807) is 0 Å². The smallest absolute Gasteiger partial charge is 0.332 e. The number of carboxylic acids is 1. The van der Waals surface area contributed by atoms with Gasteiger partial charge in [0.1, 0.15) is 0 Å². The molecule has 15 heavy (non-hydrogen) atoms. The summed E-state index contributed by atoms with van der Waals surface area (Å²) in [5.41, 5.74) is 0. The Morgan fingerprint density at radius 1 is 1.27 bits per heavy atom. The molecule has 0 rings (SSSR count). The van der Waals surface area contributed by atoms with Crippen molar-refractivity contribution in [3.05, 3.63) is 38.0 Å². The average Bonchev–Trinajstić information content (AvgIpc) is 2.18. The van der Waals surface area contributed by atoms with Crippen molar-refractivity contribution >= 4 is 11.9 Å². The minimum Gasteiger partial charge on any atom is -0.478 e. The zero-order valence-electron chi connectivity index (χ0n) is 8.26. The number of hydrogen-bond acceptors (Lipinski definition) is 4. The van der Waals surface area contributed by atoms with Crippen molar-refractivity contribution in [2.45, 2.75) is 12.7 Å². The molecule has 2 N–H and O–H groups in total. The SMILES string of the molecule is C=CC(=O)O.C=CCC(O)OC(=O)C=C. The van der Waals surface area contributed by atoms with Crippen molar-refractivity contribution in [2.75, 3.05) is 0 Å². The van der Waals surface area contributed by atoms with Crippen molar-refractivity contribution in [1.82, 2.24) is 0 Å². The maximum atomic E-state index is 10.4. The number of aliphatic hydroxyl groups is 1. The quantitative estimate of drug-likeness (QED) is 0.307. The number of carbonyl (C=O) groups is 2. The van der Waals surface area contributed by atoms with Gasteiger partial charge in [0, 0.05) is 18.6 Å². The number of aliphatic carboxylic acids is 1. The van der Waals surface area contributed by atoms with Gasteiger partial charge in [0.15, 0.2) is 0 Å². The summed E-state index contributed by atoms with van der Waals surface area (Å²) < 4.78 is 4.37. The van der Waals surface area contributed by atoms with E-state index < -0.39 is 18.2 Å². The summed E-state index contributed by atoms with van der Waals surface area (Å²) in [4.78, 5) is 19.6. The van der Waals surface area contributed by atoms with Gasteiger partial charge in [-0.15, -0.1) is 6.58 Å². The van der Waals surface area contributed by atoms with E-state index in [1.807, 2.05) is 0 Å². The van der Waals surface area contributed by atoms with Gasteiger partial charge in [0.05, 0.1) is 0 Å². The molecule has 0 fully saturated rings. The minimum atomic E-state index is -1.09. The lowest BCUT2D eigenvalue weighted by molar-refractivity contribution is -0.160. The third kappa shape index (κ3) is 14.9. The van der Waals surface area contributed by atoms with E-state index in [0.717, 1.165) is 12.2 Å². The third-order valence-electron chi connectivity index (χ3n) is 0.962. The van der Waals surface area contributed by atoms with Gasteiger partial charge in [-0.25, -0.2) is 9.59 Å². The number of hydrogen-bond donors (Lipinski definition) is 2. The van der Waals surface area contributed by atoms with Crippen LogP contribution in [0.2, 0.25) is 0 Å². The summed E-state index contributed by atoms with van der Waals surface area (Å²) in [6.07, 6.45) is 2.43. The van der Waals surface area contributed by atoms with Gasteiger partial charge in [-0.3, -0.25) is 0 Å². The highest BCUT2D eigenvalue weighted by atomic mass is 16.6. The Balaban J connectivity index is 0. The van der Waals surface area contributed by atoms with Crippen molar-refractivity contribution < 1.29 is 24.5 Å². The van der Waals surface area contributed by atoms with E-state index in [-0.39, 0.29) is 6.42 Å². The van der Waals surface area contributed by atoms with Gasteiger partial charge in [0.2, 0.25) is 6.29 Å². The molecular weight excluding hydrogens is 200 g/mol. The monoisotopic (exact) mass is 214 g/mol. The van der Waals surface area contributed by atoms with E-state index in [0.29, 0.717) is 0 Å². The second-order valence-corrected chi connectivity index (χ2v) is 2.16. The highest BCUT2D eigenvalue weighted by Crippen LogP contribution is 1.94. The Hall–Kier alpha value is -1.88. The predicted octanol–water partition coefficient (Wildman–Crippen LogP) is 0.867.